The van der Waals surface area contributed by atoms with Gasteiger partial charge in [-0.05, 0) is 23.6 Å². The molecule has 0 aliphatic heterocycles. The third-order valence-corrected chi connectivity index (χ3v) is 1.31. The van der Waals surface area contributed by atoms with Gasteiger partial charge in [-0.2, -0.15) is 49.2 Å². The van der Waals surface area contributed by atoms with E-state index in [1.165, 1.54) is 12.8 Å². The van der Waals surface area contributed by atoms with Gasteiger partial charge in [0.2, 0.25) is 0 Å². The Balaban J connectivity index is -0.0000000668. The molecule has 0 aliphatic carbocycles. The van der Waals surface area contributed by atoms with Crippen molar-refractivity contribution in [2.75, 3.05) is 0 Å². The maximum absolute atomic E-state index is 7.56. The quantitative estimate of drug-likeness (QED) is 0.215. The van der Waals surface area contributed by atoms with E-state index in [9.17, 15) is 0 Å². The van der Waals surface area contributed by atoms with Crippen LogP contribution < -0.4 is 0 Å². The van der Waals surface area contributed by atoms with Crippen LogP contribution in [0.5, 0.6) is 0 Å². The van der Waals surface area contributed by atoms with E-state index in [2.05, 4.69) is 57.4 Å². The molecule has 11 heteroatoms. The van der Waals surface area contributed by atoms with E-state index < -0.39 is 13.4 Å². The minimum Gasteiger partial charge on any atom is -0.343 e. The molecule has 25 heavy (non-hydrogen) atoms. The monoisotopic (exact) mass is 483 g/mol. The van der Waals surface area contributed by atoms with Crippen LogP contribution >= 0.6 is 13.4 Å². The van der Waals surface area contributed by atoms with Crippen molar-refractivity contribution in [3.8, 4) is 0 Å². The Morgan fingerprint density at radius 1 is 0.760 bits per heavy atom. The molecule has 0 bridgehead atoms. The zero-order valence-electron chi connectivity index (χ0n) is 14.7. The van der Waals surface area contributed by atoms with Crippen LogP contribution in [0.25, 0.3) is 0 Å². The van der Waals surface area contributed by atoms with Gasteiger partial charge in [-0.25, -0.2) is 0 Å². The molecule has 1 aromatic carbocycles. The van der Waals surface area contributed by atoms with Crippen LogP contribution in [0.4, 0.5) is 0 Å². The average molecular weight is 485 g/mol. The summed E-state index contributed by atoms with van der Waals surface area (Å²) in [5.74, 6) is 0. The van der Waals surface area contributed by atoms with Crippen LogP contribution in [0.1, 0.15) is 39.5 Å². The van der Waals surface area contributed by atoms with E-state index in [1.54, 1.807) is 0 Å². The van der Waals surface area contributed by atoms with Crippen molar-refractivity contribution in [3.05, 3.63) is 50.2 Å². The first-order chi connectivity index (χ1) is 10.8. The summed E-state index contributed by atoms with van der Waals surface area (Å²) in [6, 6.07) is 12.5. The molecular formula is C14H29O6P2S2Zn-3. The average Bonchev–Trinajstić information content (AvgIpc) is 2.46. The molecule has 0 fully saturated rings. The summed E-state index contributed by atoms with van der Waals surface area (Å²) in [5.41, 5.74) is 0. The second-order valence-corrected chi connectivity index (χ2v) is 8.80. The predicted molar refractivity (Wildman–Crippen MR) is 108 cm³/mol. The van der Waals surface area contributed by atoms with Gasteiger partial charge < -0.3 is 43.2 Å². The Morgan fingerprint density at radius 2 is 0.960 bits per heavy atom. The Morgan fingerprint density at radius 3 is 1.00 bits per heavy atom. The maximum Gasteiger partial charge on any atom is 0.319 e. The Kier molecular flexibility index (Phi) is 39.9. The van der Waals surface area contributed by atoms with Crippen LogP contribution in [-0.4, -0.2) is 29.4 Å². The van der Waals surface area contributed by atoms with Crippen molar-refractivity contribution >= 4 is 37.1 Å². The smallest absolute Gasteiger partial charge is 0.319 e. The largest absolute Gasteiger partial charge is 0.343 e. The molecule has 0 saturated carbocycles. The van der Waals surface area contributed by atoms with E-state index in [1.807, 2.05) is 30.3 Å². The summed E-state index contributed by atoms with van der Waals surface area (Å²) in [6.45, 7) is 3.83. The first-order valence-corrected chi connectivity index (χ1v) is 12.2. The van der Waals surface area contributed by atoms with Gasteiger partial charge in [0, 0.05) is 19.5 Å². The Labute approximate surface area is 175 Å². The maximum atomic E-state index is 7.56. The van der Waals surface area contributed by atoms with Gasteiger partial charge in [-0.15, -0.1) is 0 Å². The molecule has 0 aromatic heterocycles. The normalized spacial score (nSPS) is 9.04. The van der Waals surface area contributed by atoms with Crippen LogP contribution in [0, 0.1) is 19.9 Å². The Hall–Kier alpha value is 0.903. The van der Waals surface area contributed by atoms with E-state index in [-0.39, 0.29) is 19.5 Å². The molecule has 0 radical (unpaired) electrons. The molecule has 0 aliphatic rings. The molecule has 0 spiro atoms. The Bertz CT molecular complexity index is 344. The summed E-state index contributed by atoms with van der Waals surface area (Å²) < 4.78 is 0. The molecule has 6 N–H and O–H groups in total. The van der Waals surface area contributed by atoms with Crippen molar-refractivity contribution in [1.29, 1.82) is 0 Å². The third kappa shape index (κ3) is 165. The van der Waals surface area contributed by atoms with E-state index in [4.69, 9.17) is 29.4 Å². The first kappa shape index (κ1) is 36.8. The summed E-state index contributed by atoms with van der Waals surface area (Å²) in [5, 5.41) is 0. The molecule has 0 heterocycles. The fourth-order valence-electron chi connectivity index (χ4n) is 0.342. The van der Waals surface area contributed by atoms with Crippen LogP contribution in [0.3, 0.4) is 0 Å². The SMILES string of the molecule is OP(O)(O)=S.OP(O)(O)=S.[CH2-]CCC.[CH2-]CCC.[Zn].[c-]1ccccc1. The predicted octanol–water partition coefficient (Wildman–Crippen LogP) is 3.10. The zero-order chi connectivity index (χ0) is 20.1. The first-order valence-electron chi connectivity index (χ1n) is 6.89. The molecule has 0 atom stereocenters. The van der Waals surface area contributed by atoms with Gasteiger partial charge in [0.1, 0.15) is 0 Å². The minimum atomic E-state index is -3.81. The van der Waals surface area contributed by atoms with Crippen molar-refractivity contribution < 1.29 is 48.8 Å². The van der Waals surface area contributed by atoms with Gasteiger partial charge >= 0.3 is 13.4 Å². The van der Waals surface area contributed by atoms with Crippen molar-refractivity contribution in [1.82, 2.24) is 0 Å². The summed E-state index contributed by atoms with van der Waals surface area (Å²) in [6.07, 6.45) is 4.56. The second kappa shape index (κ2) is 27.1. The van der Waals surface area contributed by atoms with Gasteiger partial charge in [-0.3, -0.25) is 0 Å². The van der Waals surface area contributed by atoms with E-state index in [0.29, 0.717) is 0 Å². The molecule has 0 amide bonds. The summed E-state index contributed by atoms with van der Waals surface area (Å²) in [7, 11) is 0. The van der Waals surface area contributed by atoms with Crippen molar-refractivity contribution in [2.45, 2.75) is 39.5 Å². The molecular weight excluding hydrogens is 456 g/mol. The van der Waals surface area contributed by atoms with E-state index >= 15 is 0 Å². The van der Waals surface area contributed by atoms with Gasteiger partial charge in [0.05, 0.1) is 0 Å². The number of hydrogen-bond donors (Lipinski definition) is 6. The molecule has 1 rings (SSSR count). The van der Waals surface area contributed by atoms with Gasteiger partial charge in [-0.1, -0.05) is 26.7 Å². The van der Waals surface area contributed by atoms with Crippen LogP contribution in [0.2, 0.25) is 0 Å². The summed E-state index contributed by atoms with van der Waals surface area (Å²) in [4.78, 5) is 45.3. The number of benzene rings is 1. The topological polar surface area (TPSA) is 121 Å². The fraction of sp³-hybridized carbons (Fsp3) is 0.429. The molecule has 1 aromatic rings. The summed E-state index contributed by atoms with van der Waals surface area (Å²) >= 11 is 7.21. The zero-order valence-corrected chi connectivity index (χ0v) is 21.1. The molecule has 0 unspecified atom stereocenters. The second-order valence-electron chi connectivity index (χ2n) is 3.81. The molecule has 6 nitrogen and oxygen atoms in total. The number of rotatable bonds is 2. The van der Waals surface area contributed by atoms with Crippen molar-refractivity contribution in [2.24, 2.45) is 0 Å². The molecule has 0 saturated heterocycles. The number of hydrogen-bond acceptors (Lipinski definition) is 2. The van der Waals surface area contributed by atoms with Crippen LogP contribution in [0.15, 0.2) is 30.3 Å². The van der Waals surface area contributed by atoms with Gasteiger partial charge in [0.25, 0.3) is 0 Å². The minimum absolute atomic E-state index is 0. The molecule has 148 valence electrons. The number of unbranched alkanes of at least 4 members (excludes halogenated alkanes) is 2. The fourth-order valence-corrected chi connectivity index (χ4v) is 0.342. The van der Waals surface area contributed by atoms with Crippen molar-refractivity contribution in [3.63, 3.8) is 0 Å². The van der Waals surface area contributed by atoms with Crippen LogP contribution in [-0.2, 0) is 43.1 Å². The van der Waals surface area contributed by atoms with Gasteiger partial charge in [0.15, 0.2) is 0 Å². The third-order valence-electron chi connectivity index (χ3n) is 1.31. The van der Waals surface area contributed by atoms with E-state index in [0.717, 1.165) is 12.8 Å². The standard InChI is InChI=1S/C6H5.2C4H9.2H3O3PS.Zn/c1-2-4-6-5-3-1;2*1-3-4-2;2*1-4(2,3)5;/h1-5H;2*1,3-4H2,2H3;2*(H3,1,2,3,5);/q3*-1;;;.